The van der Waals surface area contributed by atoms with E-state index in [0.29, 0.717) is 41.7 Å². The molecule has 27 heavy (non-hydrogen) atoms. The van der Waals surface area contributed by atoms with Crippen LogP contribution in [0.25, 0.3) is 0 Å². The highest BCUT2D eigenvalue weighted by atomic mass is 16.6. The van der Waals surface area contributed by atoms with E-state index in [9.17, 15) is 9.59 Å². The lowest BCUT2D eigenvalue weighted by molar-refractivity contribution is 0.0995. The van der Waals surface area contributed by atoms with E-state index in [-0.39, 0.29) is 17.6 Å². The third kappa shape index (κ3) is 3.77. The van der Waals surface area contributed by atoms with Crippen molar-refractivity contribution in [2.75, 3.05) is 23.8 Å². The van der Waals surface area contributed by atoms with E-state index in [2.05, 4.69) is 10.6 Å². The van der Waals surface area contributed by atoms with E-state index >= 15 is 0 Å². The van der Waals surface area contributed by atoms with Crippen molar-refractivity contribution in [1.82, 2.24) is 0 Å². The van der Waals surface area contributed by atoms with Crippen molar-refractivity contribution in [3.8, 4) is 11.5 Å². The second kappa shape index (κ2) is 7.25. The number of rotatable bonds is 4. The van der Waals surface area contributed by atoms with E-state index in [1.54, 1.807) is 54.6 Å². The van der Waals surface area contributed by atoms with Crippen LogP contribution in [0.5, 0.6) is 11.5 Å². The molecule has 3 aromatic rings. The molecule has 0 fully saturated rings. The summed E-state index contributed by atoms with van der Waals surface area (Å²) in [7, 11) is 0. The zero-order valence-corrected chi connectivity index (χ0v) is 14.2. The minimum Gasteiger partial charge on any atom is -0.486 e. The average Bonchev–Trinajstić information content (AvgIpc) is 3.23. The van der Waals surface area contributed by atoms with Gasteiger partial charge in [-0.1, -0.05) is 0 Å². The molecular weight excluding hydrogens is 348 g/mol. The van der Waals surface area contributed by atoms with E-state index in [4.69, 9.17) is 13.9 Å². The quantitative estimate of drug-likeness (QED) is 0.739. The van der Waals surface area contributed by atoms with Crippen molar-refractivity contribution in [3.63, 3.8) is 0 Å². The highest BCUT2D eigenvalue weighted by molar-refractivity contribution is 6.05. The van der Waals surface area contributed by atoms with Crippen LogP contribution in [0, 0.1) is 0 Å². The fourth-order valence-corrected chi connectivity index (χ4v) is 2.63. The normalized spacial score (nSPS) is 12.3. The summed E-state index contributed by atoms with van der Waals surface area (Å²) in [6.07, 6.45) is 1.43. The van der Waals surface area contributed by atoms with Gasteiger partial charge in [0.05, 0.1) is 6.26 Å². The zero-order valence-electron chi connectivity index (χ0n) is 14.2. The molecule has 0 saturated heterocycles. The van der Waals surface area contributed by atoms with Gasteiger partial charge in [0.15, 0.2) is 17.3 Å². The van der Waals surface area contributed by atoms with Gasteiger partial charge in [0, 0.05) is 23.0 Å². The maximum Gasteiger partial charge on any atom is 0.291 e. The van der Waals surface area contributed by atoms with Gasteiger partial charge in [-0.15, -0.1) is 0 Å². The number of furan rings is 1. The predicted octanol–water partition coefficient (Wildman–Crippen LogP) is 3.56. The molecule has 0 atom stereocenters. The van der Waals surface area contributed by atoms with Gasteiger partial charge >= 0.3 is 0 Å². The number of amides is 2. The third-order valence-electron chi connectivity index (χ3n) is 3.95. The Balaban J connectivity index is 1.41. The smallest absolute Gasteiger partial charge is 0.291 e. The summed E-state index contributed by atoms with van der Waals surface area (Å²) in [5.41, 5.74) is 1.63. The molecule has 0 bridgehead atoms. The Morgan fingerprint density at radius 2 is 1.48 bits per heavy atom. The summed E-state index contributed by atoms with van der Waals surface area (Å²) < 4.78 is 16.0. The van der Waals surface area contributed by atoms with E-state index in [1.165, 1.54) is 6.26 Å². The summed E-state index contributed by atoms with van der Waals surface area (Å²) in [5.74, 6) is 0.866. The zero-order chi connectivity index (χ0) is 18.6. The van der Waals surface area contributed by atoms with Crippen molar-refractivity contribution in [2.45, 2.75) is 0 Å². The van der Waals surface area contributed by atoms with Crippen molar-refractivity contribution < 1.29 is 23.5 Å². The highest BCUT2D eigenvalue weighted by Crippen LogP contribution is 2.32. The maximum atomic E-state index is 12.4. The maximum absolute atomic E-state index is 12.4. The molecule has 1 aromatic heterocycles. The number of ether oxygens (including phenoxy) is 2. The van der Waals surface area contributed by atoms with Gasteiger partial charge in [-0.05, 0) is 48.5 Å². The van der Waals surface area contributed by atoms with Gasteiger partial charge in [0.2, 0.25) is 0 Å². The van der Waals surface area contributed by atoms with E-state index < -0.39 is 0 Å². The molecule has 2 amide bonds. The third-order valence-corrected chi connectivity index (χ3v) is 3.95. The lowest BCUT2D eigenvalue weighted by Gasteiger charge is -2.19. The molecule has 0 radical (unpaired) electrons. The fraction of sp³-hybridized carbons (Fsp3) is 0.100. The van der Waals surface area contributed by atoms with Crippen molar-refractivity contribution >= 4 is 23.2 Å². The lowest BCUT2D eigenvalue weighted by atomic mass is 10.2. The fourth-order valence-electron chi connectivity index (χ4n) is 2.63. The first-order valence-electron chi connectivity index (χ1n) is 8.35. The Kier molecular flexibility index (Phi) is 4.49. The average molecular weight is 364 g/mol. The molecule has 7 nitrogen and oxygen atoms in total. The Hall–Kier alpha value is -3.74. The highest BCUT2D eigenvalue weighted by Gasteiger charge is 2.14. The van der Waals surface area contributed by atoms with Crippen LogP contribution in [0.15, 0.2) is 65.3 Å². The Morgan fingerprint density at radius 3 is 2.22 bits per heavy atom. The lowest BCUT2D eigenvalue weighted by Crippen LogP contribution is -2.16. The molecule has 136 valence electrons. The summed E-state index contributed by atoms with van der Waals surface area (Å²) in [6.45, 7) is 0.997. The molecule has 2 heterocycles. The van der Waals surface area contributed by atoms with Crippen LogP contribution >= 0.6 is 0 Å². The summed E-state index contributed by atoms with van der Waals surface area (Å²) >= 11 is 0. The van der Waals surface area contributed by atoms with Gasteiger partial charge in [0.1, 0.15) is 13.2 Å². The number of benzene rings is 2. The van der Waals surface area contributed by atoms with Crippen molar-refractivity contribution in [2.24, 2.45) is 0 Å². The summed E-state index contributed by atoms with van der Waals surface area (Å²) in [4.78, 5) is 24.4. The van der Waals surface area contributed by atoms with Crippen LogP contribution in [0.2, 0.25) is 0 Å². The molecular formula is C20H16N2O5. The molecule has 0 unspecified atom stereocenters. The van der Waals surface area contributed by atoms with Crippen LogP contribution in [-0.4, -0.2) is 25.0 Å². The molecule has 1 aliphatic rings. The minimum atomic E-state index is -0.353. The largest absolute Gasteiger partial charge is 0.486 e. The first-order chi connectivity index (χ1) is 13.2. The first-order valence-corrected chi connectivity index (χ1v) is 8.35. The van der Waals surface area contributed by atoms with Crippen LogP contribution in [0.4, 0.5) is 11.4 Å². The van der Waals surface area contributed by atoms with Gasteiger partial charge in [-0.2, -0.15) is 0 Å². The van der Waals surface area contributed by atoms with Gasteiger partial charge in [-0.3, -0.25) is 9.59 Å². The second-order valence-corrected chi connectivity index (χ2v) is 5.82. The molecule has 7 heteroatoms. The molecule has 0 aliphatic carbocycles. The number of fused-ring (bicyclic) bond motifs is 1. The topological polar surface area (TPSA) is 89.8 Å². The Labute approximate surface area is 154 Å². The summed E-state index contributed by atoms with van der Waals surface area (Å²) in [5, 5.41) is 5.51. The number of hydrogen-bond acceptors (Lipinski definition) is 5. The van der Waals surface area contributed by atoms with E-state index in [1.807, 2.05) is 0 Å². The van der Waals surface area contributed by atoms with Crippen LogP contribution < -0.4 is 20.1 Å². The van der Waals surface area contributed by atoms with Crippen molar-refractivity contribution in [1.29, 1.82) is 0 Å². The molecule has 1 aliphatic heterocycles. The number of nitrogens with one attached hydrogen (secondary N) is 2. The number of carbonyl (C=O) groups is 2. The molecule has 0 spiro atoms. The first kappa shape index (κ1) is 16.7. The van der Waals surface area contributed by atoms with Gasteiger partial charge in [-0.25, -0.2) is 0 Å². The Morgan fingerprint density at radius 1 is 0.778 bits per heavy atom. The number of carbonyl (C=O) groups excluding carboxylic acids is 2. The molecule has 2 N–H and O–H groups in total. The SMILES string of the molecule is O=C(Nc1ccc2c(c1)OCCO2)c1ccc(NC(=O)c2ccco2)cc1. The van der Waals surface area contributed by atoms with Gasteiger partial charge in [0.25, 0.3) is 11.8 Å². The molecule has 4 rings (SSSR count). The van der Waals surface area contributed by atoms with Crippen LogP contribution in [0.1, 0.15) is 20.9 Å². The minimum absolute atomic E-state index is 0.218. The molecule has 2 aromatic carbocycles. The number of anilines is 2. The van der Waals surface area contributed by atoms with Gasteiger partial charge < -0.3 is 24.5 Å². The van der Waals surface area contributed by atoms with Crippen LogP contribution in [0.3, 0.4) is 0 Å². The predicted molar refractivity (Wildman–Crippen MR) is 98.5 cm³/mol. The van der Waals surface area contributed by atoms with E-state index in [0.717, 1.165) is 0 Å². The monoisotopic (exact) mass is 364 g/mol. The summed E-state index contributed by atoms with van der Waals surface area (Å²) in [6, 6.07) is 15.0. The number of hydrogen-bond donors (Lipinski definition) is 2. The standard InChI is InChI=1S/C20H16N2O5/c23-19(22-15-7-8-16-18(12-15)27-11-10-26-16)13-3-5-14(6-4-13)21-20(24)17-2-1-9-25-17/h1-9,12H,10-11H2,(H,21,24)(H,22,23). The Bertz CT molecular complexity index is 965. The second-order valence-electron chi connectivity index (χ2n) is 5.82. The van der Waals surface area contributed by atoms with Crippen molar-refractivity contribution in [3.05, 3.63) is 72.2 Å². The molecule has 0 saturated carbocycles. The van der Waals surface area contributed by atoms with Crippen LogP contribution in [-0.2, 0) is 0 Å².